The highest BCUT2D eigenvalue weighted by Crippen LogP contribution is 2.15. The summed E-state index contributed by atoms with van der Waals surface area (Å²) in [6, 6.07) is 5.88. The largest absolute Gasteiger partial charge is 0.399 e. The van der Waals surface area contributed by atoms with Crippen LogP contribution in [0.15, 0.2) is 29.4 Å². The number of rotatable bonds is 4. The van der Waals surface area contributed by atoms with E-state index in [2.05, 4.69) is 16.9 Å². The summed E-state index contributed by atoms with van der Waals surface area (Å²) in [4.78, 5) is 2.67. The monoisotopic (exact) mass is 202 g/mol. The van der Waals surface area contributed by atoms with E-state index in [1.54, 1.807) is 0 Å². The average molecular weight is 202 g/mol. The van der Waals surface area contributed by atoms with Crippen molar-refractivity contribution in [2.75, 3.05) is 12.3 Å². The Balaban J connectivity index is 2.78. The molecule has 0 aliphatic carbocycles. The number of nitrogens with two attached hydrogens (primary N) is 1. The van der Waals surface area contributed by atoms with Crippen molar-refractivity contribution in [3.8, 4) is 0 Å². The molecule has 0 aliphatic rings. The van der Waals surface area contributed by atoms with E-state index in [0.29, 0.717) is 6.54 Å². The Morgan fingerprint density at radius 3 is 3.00 bits per heavy atom. The molecule has 15 heavy (non-hydrogen) atoms. The number of nitrogens with zero attached hydrogens (tertiary/aromatic N) is 3. The molecule has 0 aromatic heterocycles. The van der Waals surface area contributed by atoms with Gasteiger partial charge in [0.15, 0.2) is 0 Å². The molecular weight excluding hydrogens is 188 g/mol. The van der Waals surface area contributed by atoms with E-state index in [0.717, 1.165) is 23.2 Å². The lowest BCUT2D eigenvalue weighted by molar-refractivity contribution is 1.14. The maximum absolute atomic E-state index is 8.09. The van der Waals surface area contributed by atoms with Gasteiger partial charge in [0, 0.05) is 17.1 Å². The molecule has 0 fully saturated rings. The van der Waals surface area contributed by atoms with Gasteiger partial charge in [-0.3, -0.25) is 0 Å². The van der Waals surface area contributed by atoms with E-state index in [1.807, 2.05) is 30.4 Å². The minimum Gasteiger partial charge on any atom is -0.399 e. The van der Waals surface area contributed by atoms with Crippen molar-refractivity contribution in [3.05, 3.63) is 45.8 Å². The highest BCUT2D eigenvalue weighted by molar-refractivity contribution is 5.57. The van der Waals surface area contributed by atoms with Crippen molar-refractivity contribution in [3.63, 3.8) is 0 Å². The molecule has 0 amide bonds. The highest BCUT2D eigenvalue weighted by atomic mass is 15.1. The summed E-state index contributed by atoms with van der Waals surface area (Å²) in [7, 11) is 0. The van der Waals surface area contributed by atoms with Gasteiger partial charge in [0.1, 0.15) is 0 Å². The quantitative estimate of drug-likeness (QED) is 0.346. The molecule has 0 heterocycles. The molecule has 1 rings (SSSR count). The van der Waals surface area contributed by atoms with Gasteiger partial charge >= 0.3 is 0 Å². The van der Waals surface area contributed by atoms with Gasteiger partial charge in [0.25, 0.3) is 0 Å². The smallest absolute Gasteiger partial charge is 0.0443 e. The Kier molecular flexibility index (Phi) is 4.26. The summed E-state index contributed by atoms with van der Waals surface area (Å²) in [5, 5.41) is 3.42. The topological polar surface area (TPSA) is 74.8 Å². The van der Waals surface area contributed by atoms with Gasteiger partial charge in [-0.25, -0.2) is 0 Å². The fraction of sp³-hybridized carbons (Fsp3) is 0.273. The predicted molar refractivity (Wildman–Crippen MR) is 63.3 cm³/mol. The molecule has 1 aromatic carbocycles. The van der Waals surface area contributed by atoms with Crippen LogP contribution in [0.4, 0.5) is 5.69 Å². The highest BCUT2D eigenvalue weighted by Gasteiger charge is 1.96. The fourth-order valence-electron chi connectivity index (χ4n) is 1.31. The van der Waals surface area contributed by atoms with Gasteiger partial charge in [-0.1, -0.05) is 30.3 Å². The number of benzene rings is 1. The maximum atomic E-state index is 8.09. The second-order valence-corrected chi connectivity index (χ2v) is 3.13. The lowest BCUT2D eigenvalue weighted by Crippen LogP contribution is -1.92. The molecule has 2 N–H and O–H groups in total. The van der Waals surface area contributed by atoms with Gasteiger partial charge in [0.05, 0.1) is 0 Å². The standard InChI is InChI=1S/C11H14N4/c1-2-10-8-9(5-6-11(10)12)4-3-7-14-15-13/h3-6,8H,2,7,12H2,1H3. The molecule has 0 radical (unpaired) electrons. The number of nitrogen functional groups attached to an aromatic ring is 1. The zero-order valence-electron chi connectivity index (χ0n) is 8.72. The van der Waals surface area contributed by atoms with Crippen LogP contribution < -0.4 is 5.73 Å². The Hall–Kier alpha value is -1.93. The Morgan fingerprint density at radius 1 is 1.53 bits per heavy atom. The number of hydrogen-bond donors (Lipinski definition) is 1. The molecule has 4 nitrogen and oxygen atoms in total. The molecule has 0 aliphatic heterocycles. The van der Waals surface area contributed by atoms with Crippen molar-refractivity contribution in [2.24, 2.45) is 5.11 Å². The van der Waals surface area contributed by atoms with E-state index in [9.17, 15) is 0 Å². The van der Waals surface area contributed by atoms with Crippen LogP contribution in [-0.2, 0) is 6.42 Å². The van der Waals surface area contributed by atoms with E-state index < -0.39 is 0 Å². The van der Waals surface area contributed by atoms with Crippen LogP contribution in [0.3, 0.4) is 0 Å². The Labute approximate surface area is 89.0 Å². The zero-order chi connectivity index (χ0) is 11.1. The number of hydrogen-bond acceptors (Lipinski definition) is 2. The van der Waals surface area contributed by atoms with Crippen LogP contribution in [0.1, 0.15) is 18.1 Å². The van der Waals surface area contributed by atoms with Crippen LogP contribution in [0, 0.1) is 0 Å². The molecule has 0 unspecified atom stereocenters. The van der Waals surface area contributed by atoms with E-state index >= 15 is 0 Å². The Bertz CT molecular complexity index is 403. The summed E-state index contributed by atoms with van der Waals surface area (Å²) in [6.07, 6.45) is 4.67. The number of aryl methyl sites for hydroxylation is 1. The minimum atomic E-state index is 0.377. The molecule has 78 valence electrons. The van der Waals surface area contributed by atoms with E-state index in [4.69, 9.17) is 11.3 Å². The molecule has 4 heteroatoms. The molecule has 0 atom stereocenters. The van der Waals surface area contributed by atoms with Crippen LogP contribution in [0.2, 0.25) is 0 Å². The van der Waals surface area contributed by atoms with Gasteiger partial charge < -0.3 is 5.73 Å². The SMILES string of the molecule is CCc1cc(C=CCN=[N+]=[N-])ccc1N. The summed E-state index contributed by atoms with van der Waals surface area (Å²) >= 11 is 0. The van der Waals surface area contributed by atoms with Crippen LogP contribution in [0.5, 0.6) is 0 Å². The molecule has 1 aromatic rings. The van der Waals surface area contributed by atoms with Crippen LogP contribution >= 0.6 is 0 Å². The van der Waals surface area contributed by atoms with Crippen molar-refractivity contribution in [2.45, 2.75) is 13.3 Å². The van der Waals surface area contributed by atoms with Crippen LogP contribution in [0.25, 0.3) is 16.5 Å². The van der Waals surface area contributed by atoms with Gasteiger partial charge in [-0.05, 0) is 35.2 Å². The first-order valence-electron chi connectivity index (χ1n) is 4.83. The summed E-state index contributed by atoms with van der Waals surface area (Å²) in [6.45, 7) is 2.45. The number of anilines is 1. The minimum absolute atomic E-state index is 0.377. The second kappa shape index (κ2) is 5.73. The average Bonchev–Trinajstić information content (AvgIpc) is 2.26. The molecule has 0 spiro atoms. The fourth-order valence-corrected chi connectivity index (χ4v) is 1.31. The normalized spacial score (nSPS) is 10.2. The first-order chi connectivity index (χ1) is 7.27. The maximum Gasteiger partial charge on any atom is 0.0443 e. The third-order valence-corrected chi connectivity index (χ3v) is 2.11. The van der Waals surface area contributed by atoms with Gasteiger partial charge in [0.2, 0.25) is 0 Å². The lowest BCUT2D eigenvalue weighted by atomic mass is 10.1. The van der Waals surface area contributed by atoms with Crippen molar-refractivity contribution >= 4 is 11.8 Å². The first-order valence-corrected chi connectivity index (χ1v) is 4.83. The molecular formula is C11H14N4. The molecule has 0 saturated heterocycles. The molecule has 0 saturated carbocycles. The second-order valence-electron chi connectivity index (χ2n) is 3.13. The molecule has 0 bridgehead atoms. The third-order valence-electron chi connectivity index (χ3n) is 2.11. The van der Waals surface area contributed by atoms with E-state index in [1.165, 1.54) is 0 Å². The number of azide groups is 1. The van der Waals surface area contributed by atoms with Crippen molar-refractivity contribution in [1.29, 1.82) is 0 Å². The lowest BCUT2D eigenvalue weighted by Gasteiger charge is -2.03. The van der Waals surface area contributed by atoms with Gasteiger partial charge in [-0.2, -0.15) is 0 Å². The summed E-state index contributed by atoms with van der Waals surface area (Å²) < 4.78 is 0. The Morgan fingerprint density at radius 2 is 2.33 bits per heavy atom. The first kappa shape index (κ1) is 11.1. The summed E-state index contributed by atoms with van der Waals surface area (Å²) in [5.74, 6) is 0. The zero-order valence-corrected chi connectivity index (χ0v) is 8.72. The van der Waals surface area contributed by atoms with Crippen LogP contribution in [-0.4, -0.2) is 6.54 Å². The van der Waals surface area contributed by atoms with Crippen molar-refractivity contribution < 1.29 is 0 Å². The summed E-state index contributed by atoms with van der Waals surface area (Å²) in [5.41, 5.74) is 16.9. The van der Waals surface area contributed by atoms with E-state index in [-0.39, 0.29) is 0 Å². The third kappa shape index (κ3) is 3.37. The van der Waals surface area contributed by atoms with Crippen molar-refractivity contribution in [1.82, 2.24) is 0 Å². The van der Waals surface area contributed by atoms with Gasteiger partial charge in [-0.15, -0.1) is 0 Å². The predicted octanol–water partition coefficient (Wildman–Crippen LogP) is 3.15.